The first-order valence-corrected chi connectivity index (χ1v) is 5.99. The zero-order valence-electron chi connectivity index (χ0n) is 8.82. The zero-order valence-corrected chi connectivity index (χ0v) is 11.0. The average molecular weight is 344 g/mol. The van der Waals surface area contributed by atoms with Gasteiger partial charge in [-0.15, -0.1) is 0 Å². The highest BCUT2D eigenvalue weighted by Crippen LogP contribution is 2.24. The first kappa shape index (κ1) is 12.0. The molecule has 0 fully saturated rings. The van der Waals surface area contributed by atoms with E-state index in [-0.39, 0.29) is 5.82 Å². The van der Waals surface area contributed by atoms with Crippen molar-refractivity contribution in [3.05, 3.63) is 45.5 Å². The highest BCUT2D eigenvalue weighted by molar-refractivity contribution is 14.1. The van der Waals surface area contributed by atoms with Gasteiger partial charge in [-0.25, -0.2) is 4.39 Å². The van der Waals surface area contributed by atoms with Crippen LogP contribution < -0.4 is 11.1 Å². The molecule has 0 aliphatic heterocycles. The molecule has 17 heavy (non-hydrogen) atoms. The molecule has 0 saturated heterocycles. The molecule has 2 aromatic rings. The van der Waals surface area contributed by atoms with Gasteiger partial charge in [0.1, 0.15) is 5.82 Å². The van der Waals surface area contributed by atoms with Crippen molar-refractivity contribution in [1.29, 1.82) is 0 Å². The lowest BCUT2D eigenvalue weighted by atomic mass is 10.2. The Kier molecular flexibility index (Phi) is 3.72. The van der Waals surface area contributed by atoms with Crippen LogP contribution in [0.15, 0.2) is 30.5 Å². The summed E-state index contributed by atoms with van der Waals surface area (Å²) in [6.45, 7) is 0.456. The number of nitrogen functional groups attached to an aromatic ring is 1. The van der Waals surface area contributed by atoms with Gasteiger partial charge in [0.05, 0.1) is 27.2 Å². The molecule has 0 aliphatic rings. The monoisotopic (exact) mass is 344 g/mol. The Hall–Kier alpha value is -1.44. The molecule has 6 heteroatoms. The van der Waals surface area contributed by atoms with E-state index in [1.54, 1.807) is 18.3 Å². The molecule has 4 nitrogen and oxygen atoms in total. The van der Waals surface area contributed by atoms with Gasteiger partial charge in [0.2, 0.25) is 0 Å². The maximum Gasteiger partial charge on any atom is 0.138 e. The molecule has 0 bridgehead atoms. The zero-order chi connectivity index (χ0) is 12.3. The molecule has 88 valence electrons. The SMILES string of the molecule is Nc1cc(I)c(F)cc1NCc1cccnn1. The van der Waals surface area contributed by atoms with Crippen LogP contribution in [0, 0.1) is 9.39 Å². The highest BCUT2D eigenvalue weighted by atomic mass is 127. The molecule has 3 N–H and O–H groups in total. The Balaban J connectivity index is 2.12. The largest absolute Gasteiger partial charge is 0.397 e. The number of nitrogens with two attached hydrogens (primary N) is 1. The molecule has 0 spiro atoms. The molecule has 1 aromatic heterocycles. The van der Waals surface area contributed by atoms with E-state index in [0.29, 0.717) is 21.5 Å². The second-order valence-corrected chi connectivity index (χ2v) is 4.58. The number of benzene rings is 1. The van der Waals surface area contributed by atoms with E-state index in [1.165, 1.54) is 6.07 Å². The molecule has 0 atom stereocenters. The van der Waals surface area contributed by atoms with Gasteiger partial charge in [-0.2, -0.15) is 10.2 Å². The number of nitrogens with zero attached hydrogens (tertiary/aromatic N) is 2. The van der Waals surface area contributed by atoms with Crippen LogP contribution in [-0.4, -0.2) is 10.2 Å². The standard InChI is InChI=1S/C11H10FIN4/c12-8-4-11(10(14)5-9(8)13)15-6-7-2-1-3-16-17-7/h1-5,15H,6,14H2. The van der Waals surface area contributed by atoms with Gasteiger partial charge in [-0.1, -0.05) is 0 Å². The van der Waals surface area contributed by atoms with E-state index in [4.69, 9.17) is 5.73 Å². The van der Waals surface area contributed by atoms with Crippen LogP contribution in [0.1, 0.15) is 5.69 Å². The predicted octanol–water partition coefficient (Wildman–Crippen LogP) is 2.41. The molecule has 0 saturated carbocycles. The number of nitrogens with one attached hydrogen (secondary N) is 1. The Morgan fingerprint density at radius 3 is 2.94 bits per heavy atom. The Labute approximate surface area is 112 Å². The first-order valence-electron chi connectivity index (χ1n) is 4.92. The minimum Gasteiger partial charge on any atom is -0.397 e. The molecular weight excluding hydrogens is 334 g/mol. The molecule has 2 rings (SSSR count). The number of aromatic nitrogens is 2. The van der Waals surface area contributed by atoms with Gasteiger partial charge in [0.15, 0.2) is 0 Å². The lowest BCUT2D eigenvalue weighted by molar-refractivity contribution is 0.621. The fraction of sp³-hybridized carbons (Fsp3) is 0.0909. The van der Waals surface area contributed by atoms with E-state index in [9.17, 15) is 4.39 Å². The third-order valence-electron chi connectivity index (χ3n) is 2.18. The highest BCUT2D eigenvalue weighted by Gasteiger charge is 2.05. The van der Waals surface area contributed by atoms with Crippen molar-refractivity contribution >= 4 is 34.0 Å². The quantitative estimate of drug-likeness (QED) is 0.663. The molecule has 0 radical (unpaired) electrons. The number of rotatable bonds is 3. The topological polar surface area (TPSA) is 63.8 Å². The van der Waals surface area contributed by atoms with Crippen LogP contribution in [0.4, 0.5) is 15.8 Å². The van der Waals surface area contributed by atoms with Crippen LogP contribution in [-0.2, 0) is 6.54 Å². The Morgan fingerprint density at radius 1 is 1.41 bits per heavy atom. The fourth-order valence-corrected chi connectivity index (χ4v) is 1.82. The van der Waals surface area contributed by atoms with Crippen molar-refractivity contribution in [2.45, 2.75) is 6.54 Å². The Bertz CT molecular complexity index is 518. The summed E-state index contributed by atoms with van der Waals surface area (Å²) >= 11 is 1.90. The fourth-order valence-electron chi connectivity index (χ4n) is 1.33. The molecule has 0 unspecified atom stereocenters. The smallest absolute Gasteiger partial charge is 0.138 e. The summed E-state index contributed by atoms with van der Waals surface area (Å²) in [7, 11) is 0. The summed E-state index contributed by atoms with van der Waals surface area (Å²) in [6.07, 6.45) is 1.60. The van der Waals surface area contributed by atoms with Gasteiger partial charge >= 0.3 is 0 Å². The summed E-state index contributed by atoms with van der Waals surface area (Å²) in [5.74, 6) is -0.290. The summed E-state index contributed by atoms with van der Waals surface area (Å²) in [6, 6.07) is 6.60. The van der Waals surface area contributed by atoms with Crippen molar-refractivity contribution < 1.29 is 4.39 Å². The second kappa shape index (κ2) is 5.26. The molecular formula is C11H10FIN4. The third kappa shape index (κ3) is 3.02. The summed E-state index contributed by atoms with van der Waals surface area (Å²) < 4.78 is 13.9. The number of anilines is 2. The van der Waals surface area contributed by atoms with E-state index < -0.39 is 0 Å². The van der Waals surface area contributed by atoms with Gasteiger partial charge in [0.25, 0.3) is 0 Å². The maximum absolute atomic E-state index is 13.4. The average Bonchev–Trinajstić information content (AvgIpc) is 2.33. The van der Waals surface area contributed by atoms with Gasteiger partial charge < -0.3 is 11.1 Å². The van der Waals surface area contributed by atoms with Gasteiger partial charge in [-0.3, -0.25) is 0 Å². The molecule has 1 heterocycles. The van der Waals surface area contributed by atoms with E-state index in [0.717, 1.165) is 5.69 Å². The molecule has 0 amide bonds. The minimum absolute atomic E-state index is 0.290. The van der Waals surface area contributed by atoms with E-state index in [2.05, 4.69) is 15.5 Å². The van der Waals surface area contributed by atoms with Crippen LogP contribution in [0.25, 0.3) is 0 Å². The number of halogens is 2. The van der Waals surface area contributed by atoms with Gasteiger partial charge in [0, 0.05) is 12.3 Å². The maximum atomic E-state index is 13.4. The van der Waals surface area contributed by atoms with Crippen molar-refractivity contribution in [2.24, 2.45) is 0 Å². The molecule has 0 aliphatic carbocycles. The number of hydrogen-bond acceptors (Lipinski definition) is 4. The lowest BCUT2D eigenvalue weighted by Crippen LogP contribution is -2.05. The first-order chi connectivity index (χ1) is 8.16. The Morgan fingerprint density at radius 2 is 2.24 bits per heavy atom. The normalized spacial score (nSPS) is 10.2. The summed E-state index contributed by atoms with van der Waals surface area (Å²) in [5, 5.41) is 10.7. The van der Waals surface area contributed by atoms with Crippen molar-refractivity contribution in [3.8, 4) is 0 Å². The van der Waals surface area contributed by atoms with Crippen LogP contribution in [0.3, 0.4) is 0 Å². The van der Waals surface area contributed by atoms with E-state index >= 15 is 0 Å². The molecule has 1 aromatic carbocycles. The lowest BCUT2D eigenvalue weighted by Gasteiger charge is -2.09. The number of hydrogen-bond donors (Lipinski definition) is 2. The van der Waals surface area contributed by atoms with Gasteiger partial charge in [-0.05, 0) is 40.8 Å². The van der Waals surface area contributed by atoms with Crippen molar-refractivity contribution in [2.75, 3.05) is 11.1 Å². The van der Waals surface area contributed by atoms with Crippen molar-refractivity contribution in [1.82, 2.24) is 10.2 Å². The second-order valence-electron chi connectivity index (χ2n) is 3.42. The predicted molar refractivity (Wildman–Crippen MR) is 72.9 cm³/mol. The summed E-state index contributed by atoms with van der Waals surface area (Å²) in [4.78, 5) is 0. The van der Waals surface area contributed by atoms with Crippen LogP contribution in [0.2, 0.25) is 0 Å². The summed E-state index contributed by atoms with van der Waals surface area (Å²) in [5.41, 5.74) is 7.63. The van der Waals surface area contributed by atoms with Crippen molar-refractivity contribution in [3.63, 3.8) is 0 Å². The van der Waals surface area contributed by atoms with Crippen LogP contribution in [0.5, 0.6) is 0 Å². The third-order valence-corrected chi connectivity index (χ3v) is 3.01. The van der Waals surface area contributed by atoms with E-state index in [1.807, 2.05) is 28.7 Å². The minimum atomic E-state index is -0.290. The van der Waals surface area contributed by atoms with Crippen LogP contribution >= 0.6 is 22.6 Å².